The fourth-order valence-electron chi connectivity index (χ4n) is 3.80. The SMILES string of the molecule is COc1cc(C2C(C(=O)OC(C)C)=C(C)Nc3nnnn32)ccc1OCc1cccc(C)c1. The van der Waals surface area contributed by atoms with Gasteiger partial charge < -0.3 is 19.5 Å². The number of aromatic nitrogens is 4. The van der Waals surface area contributed by atoms with Gasteiger partial charge in [-0.05, 0) is 61.4 Å². The highest BCUT2D eigenvalue weighted by Gasteiger charge is 2.35. The van der Waals surface area contributed by atoms with Crippen LogP contribution in [0.3, 0.4) is 0 Å². The average molecular weight is 450 g/mol. The minimum atomic E-state index is -0.581. The summed E-state index contributed by atoms with van der Waals surface area (Å²) in [5.74, 6) is 1.15. The number of ether oxygens (including phenoxy) is 3. The molecule has 0 saturated heterocycles. The molecule has 9 heteroatoms. The van der Waals surface area contributed by atoms with Crippen molar-refractivity contribution in [3.63, 3.8) is 0 Å². The third kappa shape index (κ3) is 4.67. The lowest BCUT2D eigenvalue weighted by Gasteiger charge is -2.28. The number of carbonyl (C=O) groups is 1. The molecule has 9 nitrogen and oxygen atoms in total. The number of tetrazole rings is 1. The Morgan fingerprint density at radius 1 is 1.15 bits per heavy atom. The molecule has 0 amide bonds. The summed E-state index contributed by atoms with van der Waals surface area (Å²) < 4.78 is 18.7. The van der Waals surface area contributed by atoms with E-state index in [-0.39, 0.29) is 6.10 Å². The summed E-state index contributed by atoms with van der Waals surface area (Å²) in [5.41, 5.74) is 4.06. The molecular formula is C24H27N5O4. The Morgan fingerprint density at radius 3 is 2.70 bits per heavy atom. The van der Waals surface area contributed by atoms with Gasteiger partial charge in [0.2, 0.25) is 5.95 Å². The van der Waals surface area contributed by atoms with E-state index in [0.29, 0.717) is 35.3 Å². The average Bonchev–Trinajstić information content (AvgIpc) is 3.24. The summed E-state index contributed by atoms with van der Waals surface area (Å²) in [5, 5.41) is 15.0. The highest BCUT2D eigenvalue weighted by Crippen LogP contribution is 2.39. The number of aryl methyl sites for hydroxylation is 1. The number of hydrogen-bond acceptors (Lipinski definition) is 8. The quantitative estimate of drug-likeness (QED) is 0.544. The summed E-state index contributed by atoms with van der Waals surface area (Å²) in [4.78, 5) is 13.0. The zero-order valence-electron chi connectivity index (χ0n) is 19.3. The van der Waals surface area contributed by atoms with E-state index >= 15 is 0 Å². The molecule has 1 aliphatic heterocycles. The number of hydrogen-bond donors (Lipinski definition) is 1. The summed E-state index contributed by atoms with van der Waals surface area (Å²) in [6.45, 7) is 7.88. The van der Waals surface area contributed by atoms with Gasteiger partial charge in [0.1, 0.15) is 12.6 Å². The Hall–Kier alpha value is -3.88. The normalized spacial score (nSPS) is 15.2. The Kier molecular flexibility index (Phi) is 6.30. The zero-order chi connectivity index (χ0) is 23.5. The summed E-state index contributed by atoms with van der Waals surface area (Å²) in [6.07, 6.45) is -0.263. The zero-order valence-corrected chi connectivity index (χ0v) is 19.3. The van der Waals surface area contributed by atoms with E-state index in [4.69, 9.17) is 14.2 Å². The molecule has 1 N–H and O–H groups in total. The van der Waals surface area contributed by atoms with Gasteiger partial charge in [0.25, 0.3) is 0 Å². The Labute approximate surface area is 192 Å². The lowest BCUT2D eigenvalue weighted by molar-refractivity contribution is -0.143. The van der Waals surface area contributed by atoms with E-state index < -0.39 is 12.0 Å². The van der Waals surface area contributed by atoms with Crippen LogP contribution in [-0.4, -0.2) is 39.4 Å². The third-order valence-electron chi connectivity index (χ3n) is 5.26. The van der Waals surface area contributed by atoms with Crippen LogP contribution >= 0.6 is 0 Å². The molecule has 0 bridgehead atoms. The fourth-order valence-corrected chi connectivity index (χ4v) is 3.80. The van der Waals surface area contributed by atoms with E-state index in [1.165, 1.54) is 5.56 Å². The molecule has 4 rings (SSSR count). The van der Waals surface area contributed by atoms with Crippen molar-refractivity contribution in [1.29, 1.82) is 0 Å². The highest BCUT2D eigenvalue weighted by atomic mass is 16.5. The van der Waals surface area contributed by atoms with Crippen LogP contribution in [0.4, 0.5) is 5.95 Å². The Morgan fingerprint density at radius 2 is 1.97 bits per heavy atom. The first-order valence-corrected chi connectivity index (χ1v) is 10.7. The van der Waals surface area contributed by atoms with Crippen LogP contribution in [0.15, 0.2) is 53.7 Å². The second-order valence-electron chi connectivity index (χ2n) is 8.16. The predicted octanol–water partition coefficient (Wildman–Crippen LogP) is 3.81. The molecule has 33 heavy (non-hydrogen) atoms. The number of carbonyl (C=O) groups excluding carboxylic acids is 1. The fraction of sp³-hybridized carbons (Fsp3) is 0.333. The number of benzene rings is 2. The molecule has 0 aliphatic carbocycles. The molecule has 1 aromatic heterocycles. The largest absolute Gasteiger partial charge is 0.493 e. The molecule has 2 aromatic carbocycles. The van der Waals surface area contributed by atoms with Crippen molar-refractivity contribution in [3.8, 4) is 11.5 Å². The minimum absolute atomic E-state index is 0.263. The first-order chi connectivity index (χ1) is 15.9. The van der Waals surface area contributed by atoms with Crippen LogP contribution in [0.25, 0.3) is 0 Å². The Bertz CT molecular complexity index is 1200. The molecule has 172 valence electrons. The van der Waals surface area contributed by atoms with Crippen LogP contribution < -0.4 is 14.8 Å². The lowest BCUT2D eigenvalue weighted by Crippen LogP contribution is -2.30. The van der Waals surface area contributed by atoms with Gasteiger partial charge in [0.15, 0.2) is 11.5 Å². The maximum absolute atomic E-state index is 13.0. The van der Waals surface area contributed by atoms with Gasteiger partial charge in [-0.1, -0.05) is 41.0 Å². The van der Waals surface area contributed by atoms with Crippen LogP contribution in [0, 0.1) is 6.92 Å². The van der Waals surface area contributed by atoms with Gasteiger partial charge >= 0.3 is 5.97 Å². The maximum atomic E-state index is 13.0. The molecule has 0 fully saturated rings. The first-order valence-electron chi connectivity index (χ1n) is 10.7. The number of nitrogens with one attached hydrogen (secondary N) is 1. The maximum Gasteiger partial charge on any atom is 0.338 e. The van der Waals surface area contributed by atoms with Crippen molar-refractivity contribution in [2.24, 2.45) is 0 Å². The van der Waals surface area contributed by atoms with E-state index in [9.17, 15) is 4.79 Å². The van der Waals surface area contributed by atoms with Crippen molar-refractivity contribution < 1.29 is 19.0 Å². The van der Waals surface area contributed by atoms with Gasteiger partial charge in [-0.3, -0.25) is 0 Å². The number of nitrogens with zero attached hydrogens (tertiary/aromatic N) is 4. The van der Waals surface area contributed by atoms with Gasteiger partial charge in [-0.15, -0.1) is 0 Å². The van der Waals surface area contributed by atoms with Crippen LogP contribution in [0.5, 0.6) is 11.5 Å². The van der Waals surface area contributed by atoms with Gasteiger partial charge in [0, 0.05) is 5.70 Å². The van der Waals surface area contributed by atoms with Crippen molar-refractivity contribution in [2.45, 2.75) is 46.4 Å². The van der Waals surface area contributed by atoms with Crippen molar-refractivity contribution >= 4 is 11.9 Å². The van der Waals surface area contributed by atoms with Crippen LogP contribution in [0.1, 0.15) is 43.5 Å². The Balaban J connectivity index is 1.68. The topological polar surface area (TPSA) is 100 Å². The first kappa shape index (κ1) is 22.3. The summed E-state index contributed by atoms with van der Waals surface area (Å²) in [6, 6.07) is 13.1. The molecule has 1 aliphatic rings. The second kappa shape index (κ2) is 9.32. The molecular weight excluding hydrogens is 422 g/mol. The van der Waals surface area contributed by atoms with Crippen molar-refractivity contribution in [1.82, 2.24) is 20.2 Å². The molecule has 3 aromatic rings. The van der Waals surface area contributed by atoms with Crippen LogP contribution in [-0.2, 0) is 16.1 Å². The molecule has 0 spiro atoms. The van der Waals surface area contributed by atoms with Crippen molar-refractivity contribution in [2.75, 3.05) is 12.4 Å². The van der Waals surface area contributed by atoms with Crippen LogP contribution in [0.2, 0.25) is 0 Å². The second-order valence-corrected chi connectivity index (χ2v) is 8.16. The number of methoxy groups -OCH3 is 1. The summed E-state index contributed by atoms with van der Waals surface area (Å²) >= 11 is 0. The lowest BCUT2D eigenvalue weighted by atomic mass is 9.95. The molecule has 1 unspecified atom stereocenters. The molecule has 0 saturated carbocycles. The predicted molar refractivity (Wildman–Crippen MR) is 122 cm³/mol. The number of allylic oxidation sites excluding steroid dienone is 1. The minimum Gasteiger partial charge on any atom is -0.493 e. The van der Waals surface area contributed by atoms with Gasteiger partial charge in [-0.25, -0.2) is 4.79 Å². The number of esters is 1. The van der Waals surface area contributed by atoms with Gasteiger partial charge in [-0.2, -0.15) is 4.68 Å². The van der Waals surface area contributed by atoms with Crippen molar-refractivity contribution in [3.05, 3.63) is 70.4 Å². The number of rotatable bonds is 7. The smallest absolute Gasteiger partial charge is 0.338 e. The number of fused-ring (bicyclic) bond motifs is 1. The molecule has 2 heterocycles. The third-order valence-corrected chi connectivity index (χ3v) is 5.26. The molecule has 0 radical (unpaired) electrons. The highest BCUT2D eigenvalue weighted by molar-refractivity contribution is 5.92. The monoisotopic (exact) mass is 449 g/mol. The van der Waals surface area contributed by atoms with Gasteiger partial charge in [0.05, 0.1) is 18.8 Å². The van der Waals surface area contributed by atoms with E-state index in [1.54, 1.807) is 18.7 Å². The molecule has 1 atom stereocenters. The van der Waals surface area contributed by atoms with E-state index in [0.717, 1.165) is 11.1 Å². The summed E-state index contributed by atoms with van der Waals surface area (Å²) in [7, 11) is 1.58. The number of anilines is 1. The standard InChI is InChI=1S/C24H27N5O4/c1-14(2)33-23(30)21-16(4)25-24-26-27-28-29(24)22(21)18-9-10-19(20(12-18)31-5)32-13-17-8-6-7-15(3)11-17/h6-12,14,22H,13H2,1-5H3,(H,25,26,28). The van der Waals surface area contributed by atoms with E-state index in [1.807, 2.05) is 57.2 Å². The van der Waals surface area contributed by atoms with E-state index in [2.05, 4.69) is 26.9 Å².